The smallest absolute Gasteiger partial charge is 0.169 e. The topological polar surface area (TPSA) is 99.4 Å². The summed E-state index contributed by atoms with van der Waals surface area (Å²) in [6.07, 6.45) is 10.5. The molecule has 4 N–H and O–H groups in total. The van der Waals surface area contributed by atoms with E-state index in [4.69, 9.17) is 9.47 Å². The Hall–Kier alpha value is -4.32. The van der Waals surface area contributed by atoms with Crippen molar-refractivity contribution in [2.24, 2.45) is 0 Å². The minimum Gasteiger partial charge on any atom is -0.504 e. The van der Waals surface area contributed by atoms with Crippen molar-refractivity contribution >= 4 is 0 Å². The number of rotatable bonds is 14. The zero-order valence-corrected chi connectivity index (χ0v) is 30.3. The van der Waals surface area contributed by atoms with Gasteiger partial charge in [0.1, 0.15) is 0 Å². The average Bonchev–Trinajstić information content (AvgIpc) is 3.04. The number of hydrogen-bond donors (Lipinski definition) is 4. The van der Waals surface area contributed by atoms with Crippen molar-refractivity contribution in [3.63, 3.8) is 0 Å². The molecule has 4 aromatic rings. The number of unbranched alkanes of at least 4 members (excludes halogenated alkanes) is 4. The van der Waals surface area contributed by atoms with Gasteiger partial charge in [-0.2, -0.15) is 0 Å². The van der Waals surface area contributed by atoms with Gasteiger partial charge in [-0.25, -0.2) is 0 Å². The maximum Gasteiger partial charge on any atom is 0.169 e. The Kier molecular flexibility index (Phi) is 14.5. The fourth-order valence-electron chi connectivity index (χ4n) is 5.73. The van der Waals surface area contributed by atoms with Gasteiger partial charge in [-0.15, -0.1) is 0 Å². The molecule has 6 heteroatoms. The van der Waals surface area contributed by atoms with Crippen LogP contribution in [0, 0.1) is 34.6 Å². The molecular weight excluding hydrogens is 600 g/mol. The molecule has 0 aliphatic heterocycles. The zero-order chi connectivity index (χ0) is 35.4. The Morgan fingerprint density at radius 3 is 1.27 bits per heavy atom. The summed E-state index contributed by atoms with van der Waals surface area (Å²) < 4.78 is 11.8. The number of benzene rings is 4. The van der Waals surface area contributed by atoms with Crippen molar-refractivity contribution in [3.05, 3.63) is 93.0 Å². The maximum absolute atomic E-state index is 10.5. The molecule has 0 saturated carbocycles. The van der Waals surface area contributed by atoms with E-state index in [0.29, 0.717) is 23.0 Å². The van der Waals surface area contributed by atoms with Crippen molar-refractivity contribution in [2.45, 2.75) is 120 Å². The van der Waals surface area contributed by atoms with Crippen molar-refractivity contribution in [1.82, 2.24) is 0 Å². The lowest BCUT2D eigenvalue weighted by Gasteiger charge is -2.15. The first kappa shape index (κ1) is 38.1. The molecule has 0 unspecified atom stereocenters. The molecule has 0 aliphatic rings. The highest BCUT2D eigenvalue weighted by Gasteiger charge is 2.16. The molecule has 0 aromatic heterocycles. The van der Waals surface area contributed by atoms with Gasteiger partial charge < -0.3 is 29.9 Å². The van der Waals surface area contributed by atoms with Crippen LogP contribution in [0.15, 0.2) is 48.5 Å². The zero-order valence-electron chi connectivity index (χ0n) is 30.3. The van der Waals surface area contributed by atoms with Crippen LogP contribution in [0.1, 0.15) is 110 Å². The Balaban J connectivity index is 0.000000261. The Labute approximate surface area is 288 Å². The van der Waals surface area contributed by atoms with Crippen LogP contribution in [-0.4, -0.2) is 20.4 Å². The molecule has 0 atom stereocenters. The molecule has 260 valence electrons. The molecule has 48 heavy (non-hydrogen) atoms. The van der Waals surface area contributed by atoms with Gasteiger partial charge in [-0.1, -0.05) is 70.7 Å². The summed E-state index contributed by atoms with van der Waals surface area (Å²) in [5.74, 6) is 2.16. The lowest BCUT2D eigenvalue weighted by atomic mass is 10.0. The number of ether oxygens (including phenoxy) is 2. The second-order valence-electron chi connectivity index (χ2n) is 13.1. The van der Waals surface area contributed by atoms with Crippen LogP contribution < -0.4 is 9.47 Å². The van der Waals surface area contributed by atoms with E-state index in [1.807, 2.05) is 71.0 Å². The molecule has 0 fully saturated rings. The van der Waals surface area contributed by atoms with Crippen LogP contribution in [0.2, 0.25) is 0 Å². The first-order valence-electron chi connectivity index (χ1n) is 17.5. The third-order valence-electron chi connectivity index (χ3n) is 8.49. The molecule has 0 heterocycles. The highest BCUT2D eigenvalue weighted by Crippen LogP contribution is 2.42. The van der Waals surface area contributed by atoms with Gasteiger partial charge in [0, 0.05) is 0 Å². The summed E-state index contributed by atoms with van der Waals surface area (Å²) >= 11 is 0. The second kappa shape index (κ2) is 18.3. The molecule has 6 nitrogen and oxygen atoms in total. The van der Waals surface area contributed by atoms with Gasteiger partial charge in [-0.05, 0) is 142 Å². The summed E-state index contributed by atoms with van der Waals surface area (Å²) in [5.41, 5.74) is 7.58. The number of phenols is 4. The van der Waals surface area contributed by atoms with Gasteiger partial charge in [-0.3, -0.25) is 0 Å². The van der Waals surface area contributed by atoms with E-state index < -0.39 is 0 Å². The quantitative estimate of drug-likeness (QED) is 0.101. The van der Waals surface area contributed by atoms with Crippen LogP contribution in [-0.2, 0) is 19.3 Å². The van der Waals surface area contributed by atoms with E-state index in [-0.39, 0.29) is 23.0 Å². The van der Waals surface area contributed by atoms with Crippen LogP contribution in [0.5, 0.6) is 46.0 Å². The third kappa shape index (κ3) is 10.6. The fourth-order valence-corrected chi connectivity index (χ4v) is 5.73. The van der Waals surface area contributed by atoms with Crippen LogP contribution >= 0.6 is 0 Å². The van der Waals surface area contributed by atoms with E-state index in [1.165, 1.54) is 0 Å². The highest BCUT2D eigenvalue weighted by molar-refractivity contribution is 5.55. The van der Waals surface area contributed by atoms with E-state index in [0.717, 1.165) is 109 Å². The molecule has 4 rings (SSSR count). The fraction of sp³-hybridized carbons (Fsp3) is 0.429. The number of aryl methyl sites for hydroxylation is 8. The molecule has 4 aromatic carbocycles. The van der Waals surface area contributed by atoms with Crippen LogP contribution in [0.4, 0.5) is 0 Å². The van der Waals surface area contributed by atoms with E-state index in [2.05, 4.69) is 20.8 Å². The minimum atomic E-state index is 0.115. The summed E-state index contributed by atoms with van der Waals surface area (Å²) in [6, 6.07) is 15.2. The highest BCUT2D eigenvalue weighted by atomic mass is 16.5. The monoisotopic (exact) mass is 656 g/mol. The normalized spacial score (nSPS) is 10.8. The Morgan fingerprint density at radius 1 is 0.417 bits per heavy atom. The first-order chi connectivity index (χ1) is 22.9. The van der Waals surface area contributed by atoms with Gasteiger partial charge in [0.15, 0.2) is 46.0 Å². The second-order valence-corrected chi connectivity index (χ2v) is 13.1. The minimum absolute atomic E-state index is 0.115. The molecule has 0 aliphatic carbocycles. The molecule has 0 radical (unpaired) electrons. The predicted octanol–water partition coefficient (Wildman–Crippen LogP) is 11.7. The molecule has 0 saturated heterocycles. The maximum atomic E-state index is 10.5. The van der Waals surface area contributed by atoms with Crippen LogP contribution in [0.25, 0.3) is 0 Å². The number of phenolic OH excluding ortho intramolecular Hbond substituents is 4. The molecule has 0 amide bonds. The van der Waals surface area contributed by atoms with E-state index in [1.54, 1.807) is 12.1 Å². The Morgan fingerprint density at radius 2 is 0.812 bits per heavy atom. The van der Waals surface area contributed by atoms with Crippen molar-refractivity contribution in [3.8, 4) is 46.0 Å². The first-order valence-corrected chi connectivity index (χ1v) is 17.5. The summed E-state index contributed by atoms with van der Waals surface area (Å²) in [7, 11) is 0. The van der Waals surface area contributed by atoms with Crippen molar-refractivity contribution in [1.29, 1.82) is 0 Å². The van der Waals surface area contributed by atoms with Crippen molar-refractivity contribution in [2.75, 3.05) is 0 Å². The standard InChI is InChI=1S/C22H30O3.C20H26O3/c1-5-7-9-17-11-15(3)21(23)19(13-17)25-20-14-18(10-8-6-2)12-16(4)22(20)24;1-5-6-7-8-16-10-14(3)12-18(20(16)22)23-17-11-13(2)9-15(4)19(17)21/h11-14,23-24H,5-10H2,1-4H3;9-12,21-22H,5-8H2,1-4H3. The lowest BCUT2D eigenvalue weighted by Crippen LogP contribution is -1.94. The Bertz CT molecular complexity index is 1590. The average molecular weight is 657 g/mol. The van der Waals surface area contributed by atoms with Gasteiger partial charge in [0.2, 0.25) is 0 Å². The van der Waals surface area contributed by atoms with Crippen LogP contribution in [0.3, 0.4) is 0 Å². The van der Waals surface area contributed by atoms with Gasteiger partial charge in [0.05, 0.1) is 0 Å². The van der Waals surface area contributed by atoms with Gasteiger partial charge >= 0.3 is 0 Å². The number of hydrogen-bond acceptors (Lipinski definition) is 6. The summed E-state index contributed by atoms with van der Waals surface area (Å²) in [5, 5.41) is 41.4. The predicted molar refractivity (Wildman–Crippen MR) is 197 cm³/mol. The largest absolute Gasteiger partial charge is 0.504 e. The lowest BCUT2D eigenvalue weighted by molar-refractivity contribution is 0.380. The molecule has 0 bridgehead atoms. The van der Waals surface area contributed by atoms with Crippen molar-refractivity contribution < 1.29 is 29.9 Å². The molecular formula is C42H56O6. The summed E-state index contributed by atoms with van der Waals surface area (Å²) in [6.45, 7) is 16.0. The van der Waals surface area contributed by atoms with Gasteiger partial charge in [0.25, 0.3) is 0 Å². The van der Waals surface area contributed by atoms with E-state index in [9.17, 15) is 20.4 Å². The SMILES string of the molecule is CCCCCc1cc(C)cc(Oc2cc(C)cc(C)c2O)c1O.CCCCc1cc(C)c(O)c(Oc2cc(CCCC)cc(C)c2O)c1. The third-order valence-corrected chi connectivity index (χ3v) is 8.49. The number of aromatic hydroxyl groups is 4. The molecule has 0 spiro atoms. The van der Waals surface area contributed by atoms with E-state index >= 15 is 0 Å². The summed E-state index contributed by atoms with van der Waals surface area (Å²) in [4.78, 5) is 0.